The monoisotopic (exact) mass is 254 g/mol. The molecule has 2 fully saturated rings. The van der Waals surface area contributed by atoms with E-state index in [0.29, 0.717) is 6.10 Å². The summed E-state index contributed by atoms with van der Waals surface area (Å²) in [7, 11) is 0. The fourth-order valence-electron chi connectivity index (χ4n) is 3.90. The molecular weight excluding hydrogens is 224 g/mol. The van der Waals surface area contributed by atoms with Crippen LogP contribution in [0, 0.1) is 5.92 Å². The van der Waals surface area contributed by atoms with Crippen LogP contribution in [0.25, 0.3) is 0 Å². The Morgan fingerprint density at radius 1 is 1.44 bits per heavy atom. The van der Waals surface area contributed by atoms with E-state index < -0.39 is 0 Å². The highest BCUT2D eigenvalue weighted by Crippen LogP contribution is 2.38. The first kappa shape index (κ1) is 14.3. The van der Waals surface area contributed by atoms with E-state index in [0.717, 1.165) is 44.4 Å². The number of hydrogen-bond acceptors (Lipinski definition) is 3. The summed E-state index contributed by atoms with van der Waals surface area (Å²) in [6, 6.07) is 0.726. The maximum Gasteiger partial charge on any atom is 0.0590 e. The van der Waals surface area contributed by atoms with Crippen LogP contribution in [0.4, 0.5) is 0 Å². The van der Waals surface area contributed by atoms with Gasteiger partial charge in [0.15, 0.2) is 0 Å². The van der Waals surface area contributed by atoms with Crippen LogP contribution in [0.3, 0.4) is 0 Å². The topological polar surface area (TPSA) is 38.5 Å². The van der Waals surface area contributed by atoms with Gasteiger partial charge < -0.3 is 10.5 Å². The van der Waals surface area contributed by atoms with Gasteiger partial charge in [-0.3, -0.25) is 4.90 Å². The smallest absolute Gasteiger partial charge is 0.0590 e. The second kappa shape index (κ2) is 5.89. The first-order valence-electron chi connectivity index (χ1n) is 7.71. The first-order valence-corrected chi connectivity index (χ1v) is 7.71. The SMILES string of the molecule is CCC1CC(CN)(N2CCCC2C(C)C)CCO1. The molecule has 2 rings (SSSR count). The van der Waals surface area contributed by atoms with Crippen molar-refractivity contribution in [1.82, 2.24) is 4.90 Å². The molecule has 0 saturated carbocycles. The summed E-state index contributed by atoms with van der Waals surface area (Å²) in [5.41, 5.74) is 6.41. The van der Waals surface area contributed by atoms with Crippen molar-refractivity contribution in [2.75, 3.05) is 19.7 Å². The molecule has 0 spiro atoms. The van der Waals surface area contributed by atoms with Crippen LogP contribution in [-0.2, 0) is 4.74 Å². The van der Waals surface area contributed by atoms with Gasteiger partial charge in [0.25, 0.3) is 0 Å². The van der Waals surface area contributed by atoms with Crippen molar-refractivity contribution in [2.45, 2.75) is 70.6 Å². The minimum absolute atomic E-state index is 0.213. The quantitative estimate of drug-likeness (QED) is 0.837. The van der Waals surface area contributed by atoms with E-state index in [4.69, 9.17) is 10.5 Å². The Morgan fingerprint density at radius 2 is 2.22 bits per heavy atom. The van der Waals surface area contributed by atoms with E-state index in [2.05, 4.69) is 25.7 Å². The van der Waals surface area contributed by atoms with E-state index >= 15 is 0 Å². The highest BCUT2D eigenvalue weighted by Gasteiger charge is 2.45. The average Bonchev–Trinajstić information content (AvgIpc) is 2.88. The van der Waals surface area contributed by atoms with Gasteiger partial charge in [-0.2, -0.15) is 0 Å². The molecule has 0 bridgehead atoms. The number of nitrogens with two attached hydrogens (primary N) is 1. The predicted octanol–water partition coefficient (Wildman–Crippen LogP) is 2.39. The Kier molecular flexibility index (Phi) is 4.68. The van der Waals surface area contributed by atoms with Crippen molar-refractivity contribution >= 4 is 0 Å². The number of likely N-dealkylation sites (tertiary alicyclic amines) is 1. The maximum atomic E-state index is 6.20. The van der Waals surface area contributed by atoms with E-state index in [1.54, 1.807) is 0 Å². The molecule has 3 heteroatoms. The second-order valence-electron chi connectivity index (χ2n) is 6.43. The summed E-state index contributed by atoms with van der Waals surface area (Å²) in [4.78, 5) is 2.74. The van der Waals surface area contributed by atoms with Crippen LogP contribution in [0.5, 0.6) is 0 Å². The Balaban J connectivity index is 2.15. The molecule has 0 aliphatic carbocycles. The van der Waals surface area contributed by atoms with E-state index in [9.17, 15) is 0 Å². The van der Waals surface area contributed by atoms with Crippen molar-refractivity contribution in [1.29, 1.82) is 0 Å². The van der Waals surface area contributed by atoms with Crippen LogP contribution >= 0.6 is 0 Å². The van der Waals surface area contributed by atoms with Gasteiger partial charge in [-0.25, -0.2) is 0 Å². The van der Waals surface area contributed by atoms with Crippen LogP contribution in [-0.4, -0.2) is 42.3 Å². The molecule has 3 nitrogen and oxygen atoms in total. The van der Waals surface area contributed by atoms with Crippen molar-refractivity contribution in [3.05, 3.63) is 0 Å². The van der Waals surface area contributed by atoms with Gasteiger partial charge in [0, 0.05) is 24.7 Å². The molecule has 2 heterocycles. The Morgan fingerprint density at radius 3 is 2.83 bits per heavy atom. The lowest BCUT2D eigenvalue weighted by molar-refractivity contribution is -0.0801. The largest absolute Gasteiger partial charge is 0.378 e. The number of rotatable bonds is 4. The van der Waals surface area contributed by atoms with E-state index in [-0.39, 0.29) is 5.54 Å². The van der Waals surface area contributed by atoms with Crippen molar-refractivity contribution in [3.8, 4) is 0 Å². The molecule has 106 valence electrons. The van der Waals surface area contributed by atoms with Gasteiger partial charge in [0.05, 0.1) is 6.10 Å². The van der Waals surface area contributed by atoms with Crippen LogP contribution < -0.4 is 5.73 Å². The third-order valence-corrected chi connectivity index (χ3v) is 5.04. The zero-order valence-corrected chi connectivity index (χ0v) is 12.3. The molecule has 0 aromatic rings. The summed E-state index contributed by atoms with van der Waals surface area (Å²) < 4.78 is 5.86. The van der Waals surface area contributed by atoms with Gasteiger partial charge in [0.2, 0.25) is 0 Å². The summed E-state index contributed by atoms with van der Waals surface area (Å²) in [5.74, 6) is 0.735. The van der Waals surface area contributed by atoms with Crippen molar-refractivity contribution < 1.29 is 4.74 Å². The Hall–Kier alpha value is -0.120. The summed E-state index contributed by atoms with van der Waals surface area (Å²) >= 11 is 0. The summed E-state index contributed by atoms with van der Waals surface area (Å²) in [6.07, 6.45) is 6.45. The average molecular weight is 254 g/mol. The molecule has 0 aromatic carbocycles. The number of nitrogens with zero attached hydrogens (tertiary/aromatic N) is 1. The molecule has 18 heavy (non-hydrogen) atoms. The first-order chi connectivity index (χ1) is 8.63. The highest BCUT2D eigenvalue weighted by molar-refractivity contribution is 5.01. The molecule has 3 unspecified atom stereocenters. The Bertz CT molecular complexity index is 269. The van der Waals surface area contributed by atoms with Crippen molar-refractivity contribution in [2.24, 2.45) is 11.7 Å². The molecule has 2 saturated heterocycles. The zero-order valence-electron chi connectivity index (χ0n) is 12.3. The van der Waals surface area contributed by atoms with Gasteiger partial charge >= 0.3 is 0 Å². The molecule has 2 aliphatic rings. The zero-order chi connectivity index (χ0) is 13.2. The normalized spacial score (nSPS) is 38.5. The second-order valence-corrected chi connectivity index (χ2v) is 6.43. The lowest BCUT2D eigenvalue weighted by Gasteiger charge is -2.49. The maximum absolute atomic E-state index is 6.20. The number of ether oxygens (including phenoxy) is 1. The molecule has 2 N–H and O–H groups in total. The van der Waals surface area contributed by atoms with E-state index in [1.807, 2.05) is 0 Å². The van der Waals surface area contributed by atoms with Crippen LogP contribution in [0.15, 0.2) is 0 Å². The molecule has 0 aromatic heterocycles. The molecule has 3 atom stereocenters. The Labute approximate surface area is 112 Å². The minimum atomic E-state index is 0.213. The van der Waals surface area contributed by atoms with Crippen molar-refractivity contribution in [3.63, 3.8) is 0 Å². The van der Waals surface area contributed by atoms with Gasteiger partial charge in [0.1, 0.15) is 0 Å². The third kappa shape index (κ3) is 2.59. The lowest BCUT2D eigenvalue weighted by atomic mass is 9.82. The third-order valence-electron chi connectivity index (χ3n) is 5.04. The van der Waals surface area contributed by atoms with Gasteiger partial charge in [-0.1, -0.05) is 20.8 Å². The number of hydrogen-bond donors (Lipinski definition) is 1. The molecule has 0 amide bonds. The summed E-state index contributed by atoms with van der Waals surface area (Å²) in [6.45, 7) is 9.83. The fourth-order valence-corrected chi connectivity index (χ4v) is 3.90. The molecule has 0 radical (unpaired) electrons. The van der Waals surface area contributed by atoms with Gasteiger partial charge in [-0.05, 0) is 44.6 Å². The van der Waals surface area contributed by atoms with Gasteiger partial charge in [-0.15, -0.1) is 0 Å². The van der Waals surface area contributed by atoms with Crippen LogP contribution in [0.1, 0.15) is 52.9 Å². The highest BCUT2D eigenvalue weighted by atomic mass is 16.5. The minimum Gasteiger partial charge on any atom is -0.378 e. The summed E-state index contributed by atoms with van der Waals surface area (Å²) in [5, 5.41) is 0. The van der Waals surface area contributed by atoms with E-state index in [1.165, 1.54) is 19.4 Å². The van der Waals surface area contributed by atoms with Crippen LogP contribution in [0.2, 0.25) is 0 Å². The standard InChI is InChI=1S/C15H30N2O/c1-4-13-10-15(11-16,7-9-18-13)17-8-5-6-14(17)12(2)3/h12-14H,4-11,16H2,1-3H3. The fraction of sp³-hybridized carbons (Fsp3) is 1.00. The molecule has 2 aliphatic heterocycles. The predicted molar refractivity (Wildman–Crippen MR) is 75.6 cm³/mol. The lowest BCUT2D eigenvalue weighted by Crippen LogP contribution is -2.60. The molecular formula is C15H30N2O.